The lowest BCUT2D eigenvalue weighted by Gasteiger charge is -2.37. The molecule has 8 N–H and O–H groups in total. The molecule has 1 atom stereocenters. The van der Waals surface area contributed by atoms with Gasteiger partial charge >= 0.3 is 0 Å². The van der Waals surface area contributed by atoms with Crippen molar-refractivity contribution in [3.8, 4) is 0 Å². The lowest BCUT2D eigenvalue weighted by atomic mass is 9.72. The Kier molecular flexibility index (Phi) is 44.4. The molecule has 8 rings (SSSR count). The van der Waals surface area contributed by atoms with Crippen molar-refractivity contribution in [3.63, 3.8) is 0 Å². The summed E-state index contributed by atoms with van der Waals surface area (Å²) in [6.45, 7) is 45.4. The summed E-state index contributed by atoms with van der Waals surface area (Å²) in [5.74, 6) is 14.5. The molecule has 8 aliphatic rings. The Labute approximate surface area is 530 Å². The topological polar surface area (TPSA) is 168 Å². The van der Waals surface area contributed by atoms with Crippen LogP contribution in [0, 0.1) is 107 Å². The first kappa shape index (κ1) is 83.7. The van der Waals surface area contributed by atoms with E-state index in [0.29, 0.717) is 23.8 Å². The first-order chi connectivity index (χ1) is 39.2. The molecule has 2 aliphatic heterocycles. The number of carbonyl (C=O) groups excluding carboxylic acids is 2. The van der Waals surface area contributed by atoms with E-state index in [1.165, 1.54) is 135 Å². The van der Waals surface area contributed by atoms with Gasteiger partial charge in [-0.15, -0.1) is 0 Å². The normalized spacial score (nSPS) is 30.4. The fraction of sp³-hybridized carbons (Fsp3) is 0.974. The number of aliphatic hydroxyl groups excluding tert-OH is 1. The van der Waals surface area contributed by atoms with E-state index in [1.807, 2.05) is 20.8 Å². The first-order valence-electron chi connectivity index (χ1n) is 36.3. The van der Waals surface area contributed by atoms with Gasteiger partial charge in [0.1, 0.15) is 0 Å². The van der Waals surface area contributed by atoms with Crippen LogP contribution in [-0.2, 0) is 14.3 Å². The molecule has 6 saturated carbocycles. The molecule has 0 bridgehead atoms. The van der Waals surface area contributed by atoms with Crippen LogP contribution in [-0.4, -0.2) is 70.2 Å². The van der Waals surface area contributed by atoms with E-state index in [9.17, 15) is 24.9 Å². The summed E-state index contributed by atoms with van der Waals surface area (Å²) in [7, 11) is 0. The van der Waals surface area contributed by atoms with Crippen LogP contribution in [0.25, 0.3) is 0 Å². The molecule has 0 spiro atoms. The number of nitrogens with one attached hydrogen (secondary N) is 1. The van der Waals surface area contributed by atoms with Gasteiger partial charge in [-0.25, -0.2) is 0 Å². The number of aliphatic hydroxyl groups is 3. The lowest BCUT2D eigenvalue weighted by Crippen LogP contribution is -2.36. The summed E-state index contributed by atoms with van der Waals surface area (Å²) in [4.78, 5) is 21.6. The molecule has 0 radical (unpaired) electrons. The van der Waals surface area contributed by atoms with Crippen molar-refractivity contribution in [1.82, 2.24) is 5.32 Å². The Morgan fingerprint density at radius 2 is 0.824 bits per heavy atom. The highest BCUT2D eigenvalue weighted by Gasteiger charge is 2.33. The van der Waals surface area contributed by atoms with Crippen LogP contribution >= 0.6 is 0 Å². The fourth-order valence-electron chi connectivity index (χ4n) is 14.6. The average Bonchev–Trinajstić information content (AvgIpc) is 3.55. The zero-order chi connectivity index (χ0) is 63.7. The number of piperidine rings is 1. The average molecular weight is 1210 g/mol. The highest BCUT2D eigenvalue weighted by atomic mass is 16.5. The van der Waals surface area contributed by atoms with Gasteiger partial charge in [0, 0.05) is 38.1 Å². The number of carbonyl (C=O) groups is 2. The Bertz CT molecular complexity index is 1520. The van der Waals surface area contributed by atoms with Crippen molar-refractivity contribution in [1.29, 1.82) is 0 Å². The predicted molar refractivity (Wildman–Crippen MR) is 368 cm³/mol. The molecule has 2 saturated heterocycles. The van der Waals surface area contributed by atoms with Crippen LogP contribution in [0.3, 0.4) is 0 Å². The molecule has 2 heterocycles. The molecule has 2 amide bonds. The van der Waals surface area contributed by atoms with Gasteiger partial charge < -0.3 is 36.8 Å². The molecule has 6 aliphatic carbocycles. The predicted octanol–water partition coefficient (Wildman–Crippen LogP) is 19.2. The number of ether oxygens (including phenoxy) is 1. The molecule has 9 heteroatoms. The van der Waals surface area contributed by atoms with Crippen molar-refractivity contribution in [2.24, 2.45) is 118 Å². The van der Waals surface area contributed by atoms with Crippen molar-refractivity contribution >= 4 is 11.8 Å². The summed E-state index contributed by atoms with van der Waals surface area (Å²) in [5.41, 5.74) is 10.2. The molecule has 508 valence electrons. The number of hydrogen-bond donors (Lipinski definition) is 6. The number of hydrogen-bond acceptors (Lipinski definition) is 7. The molecule has 9 nitrogen and oxygen atoms in total. The monoisotopic (exact) mass is 1200 g/mol. The summed E-state index contributed by atoms with van der Waals surface area (Å²) >= 11 is 0. The molecular formula is C76H153N3O6. The molecule has 1 unspecified atom stereocenters. The highest BCUT2D eigenvalue weighted by molar-refractivity contribution is 5.77. The number of amides is 2. The zero-order valence-electron chi connectivity index (χ0n) is 59.4. The first-order valence-corrected chi connectivity index (χ1v) is 36.3. The number of nitrogens with two attached hydrogens (primary N) is 2. The van der Waals surface area contributed by atoms with Gasteiger partial charge in [-0.3, -0.25) is 9.59 Å². The second-order valence-electron chi connectivity index (χ2n) is 32.3. The van der Waals surface area contributed by atoms with E-state index in [2.05, 4.69) is 116 Å². The van der Waals surface area contributed by atoms with Gasteiger partial charge in [0.05, 0.1) is 17.3 Å². The van der Waals surface area contributed by atoms with E-state index >= 15 is 0 Å². The Balaban J connectivity index is 0.000000950. The Morgan fingerprint density at radius 1 is 0.494 bits per heavy atom. The second kappa shape index (κ2) is 45.1. The molecule has 0 aromatic heterocycles. The van der Waals surface area contributed by atoms with E-state index < -0.39 is 5.60 Å². The van der Waals surface area contributed by atoms with Crippen LogP contribution in [0.2, 0.25) is 0 Å². The molecular weight excluding hydrogens is 1050 g/mol. The molecule has 0 aromatic rings. The van der Waals surface area contributed by atoms with Crippen molar-refractivity contribution in [3.05, 3.63) is 0 Å². The Morgan fingerprint density at radius 3 is 1.14 bits per heavy atom. The van der Waals surface area contributed by atoms with E-state index in [-0.39, 0.29) is 36.9 Å². The van der Waals surface area contributed by atoms with Gasteiger partial charge in [0.15, 0.2) is 0 Å². The third kappa shape index (κ3) is 38.3. The minimum Gasteiger partial charge on any atom is -0.393 e. The lowest BCUT2D eigenvalue weighted by molar-refractivity contribution is -0.123. The maximum Gasteiger partial charge on any atom is 0.220 e. The third-order valence-corrected chi connectivity index (χ3v) is 22.4. The summed E-state index contributed by atoms with van der Waals surface area (Å²) < 4.78 is 5.25. The van der Waals surface area contributed by atoms with Crippen LogP contribution in [0.5, 0.6) is 0 Å². The smallest absolute Gasteiger partial charge is 0.220 e. The summed E-state index contributed by atoms with van der Waals surface area (Å²) in [6, 6.07) is 0.509. The maximum absolute atomic E-state index is 10.9. The molecule has 0 aromatic carbocycles. The van der Waals surface area contributed by atoms with Gasteiger partial charge in [0.25, 0.3) is 0 Å². The van der Waals surface area contributed by atoms with Crippen LogP contribution in [0.1, 0.15) is 325 Å². The van der Waals surface area contributed by atoms with Gasteiger partial charge in [-0.1, -0.05) is 150 Å². The van der Waals surface area contributed by atoms with Crippen molar-refractivity contribution < 1.29 is 29.6 Å². The second-order valence-corrected chi connectivity index (χ2v) is 32.3. The highest BCUT2D eigenvalue weighted by Crippen LogP contribution is 2.39. The van der Waals surface area contributed by atoms with Crippen LogP contribution in [0.15, 0.2) is 0 Å². The van der Waals surface area contributed by atoms with E-state index in [0.717, 1.165) is 154 Å². The van der Waals surface area contributed by atoms with E-state index in [1.54, 1.807) is 0 Å². The summed E-state index contributed by atoms with van der Waals surface area (Å²) in [6.07, 6.45) is 35.4. The fourth-order valence-corrected chi connectivity index (χ4v) is 14.6. The third-order valence-electron chi connectivity index (χ3n) is 22.4. The number of primary amides is 1. The van der Waals surface area contributed by atoms with Gasteiger partial charge in [-0.2, -0.15) is 0 Å². The SMILES string of the molecule is C.CC(C)C1CCC(=O)NC1.CC(C)C1CCC(C(C)(C)O)CC1.CC(C)C1CCC(C(N)=O)CC1.CC(C)C1CCC(C)(O)CC1.CC(C)C1CCC(N)CC1.CC(C)C1CCC(O)CC1.CC(C)C1CCCCC1.CC(C)C1CCOCC1. The molecule has 8 fully saturated rings. The Hall–Kier alpha value is -1.26. The standard InChI is InChI=1S/C12H24O.C10H19NO.C10H20O.C9H19N.C9H18O.C9H18.C8H15NO.C8H16O.CH4/c1-9(2)10-5-7-11(8-6-10)12(3,4)13;1-7(2)8-3-5-9(6-4-8)10(11)12;1-8(2)9-4-6-10(3,11)7-5-9;2*1-7(2)8-3-5-9(10)6-4-8;1-8(2)9-6-4-3-5-7-9;1-6(2)7-3-4-8(10)9-5-7;1-7(2)8-3-5-9-6-4-8;/h9-11,13H,5-8H2,1-4H3;7-9H,3-6H2,1-2H3,(H2,11,12);8-9,11H,4-7H2,1-3H3;7-9H,3-6,10H2,1-2H3;7-10H,3-6H2,1-2H3;8-9H,3-7H2,1-2H3;6-7H,3-5H2,1-2H3,(H,9,10);7-8H,3-6H2,1-2H3;1H4. The quantitative estimate of drug-likeness (QED) is 0.127. The van der Waals surface area contributed by atoms with Crippen LogP contribution in [0.4, 0.5) is 0 Å². The molecule has 85 heavy (non-hydrogen) atoms. The van der Waals surface area contributed by atoms with Crippen molar-refractivity contribution in [2.45, 2.75) is 349 Å². The summed E-state index contributed by atoms with van der Waals surface area (Å²) in [5, 5.41) is 31.6. The largest absolute Gasteiger partial charge is 0.393 e. The zero-order valence-corrected chi connectivity index (χ0v) is 59.4. The van der Waals surface area contributed by atoms with E-state index in [4.69, 9.17) is 16.2 Å². The van der Waals surface area contributed by atoms with Crippen LogP contribution < -0.4 is 16.8 Å². The number of rotatable bonds is 10. The van der Waals surface area contributed by atoms with Gasteiger partial charge in [0.2, 0.25) is 11.8 Å². The maximum atomic E-state index is 10.9. The van der Waals surface area contributed by atoms with Gasteiger partial charge in [-0.05, 0) is 269 Å². The van der Waals surface area contributed by atoms with Crippen molar-refractivity contribution in [2.75, 3.05) is 19.8 Å². The minimum absolute atomic E-state index is 0. The minimum atomic E-state index is -0.456.